The fourth-order valence-electron chi connectivity index (χ4n) is 1.83. The van der Waals surface area contributed by atoms with Crippen LogP contribution in [-0.4, -0.2) is 4.92 Å². The minimum atomic E-state index is -0.585. The van der Waals surface area contributed by atoms with Crippen LogP contribution in [0, 0.1) is 21.4 Å². The van der Waals surface area contributed by atoms with E-state index in [0.717, 1.165) is 5.56 Å². The van der Waals surface area contributed by atoms with Gasteiger partial charge in [0, 0.05) is 18.6 Å². The molecule has 0 fully saturated rings. The third-order valence-corrected chi connectivity index (χ3v) is 3.06. The lowest BCUT2D eigenvalue weighted by Gasteiger charge is -2.05. The first-order chi connectivity index (χ1) is 10.5. The van der Waals surface area contributed by atoms with E-state index < -0.39 is 4.92 Å². The fourth-order valence-corrected chi connectivity index (χ4v) is 1.83. The Labute approximate surface area is 126 Å². The summed E-state index contributed by atoms with van der Waals surface area (Å²) in [4.78, 5) is 10.4. The molecule has 7 heteroatoms. The first-order valence-electron chi connectivity index (χ1n) is 6.43. The molecule has 0 aliphatic carbocycles. The summed E-state index contributed by atoms with van der Waals surface area (Å²) in [5, 5.41) is 37.7. The third kappa shape index (κ3) is 3.43. The molecule has 0 saturated heterocycles. The van der Waals surface area contributed by atoms with Gasteiger partial charge in [0.05, 0.1) is 16.6 Å². The van der Waals surface area contributed by atoms with E-state index in [-0.39, 0.29) is 28.7 Å². The molecule has 1 N–H and O–H groups in total. The number of hydrogen-bond donors (Lipinski definition) is 1. The van der Waals surface area contributed by atoms with Crippen molar-refractivity contribution in [2.75, 3.05) is 0 Å². The highest BCUT2D eigenvalue weighted by Crippen LogP contribution is 2.27. The average Bonchev–Trinajstić information content (AvgIpc) is 2.53. The van der Waals surface area contributed by atoms with Crippen LogP contribution < -0.4 is 10.2 Å². The first kappa shape index (κ1) is 15.1. The van der Waals surface area contributed by atoms with Gasteiger partial charge in [-0.3, -0.25) is 10.1 Å². The second-order valence-corrected chi connectivity index (χ2v) is 4.60. The Balaban J connectivity index is 2.28. The Morgan fingerprint density at radius 1 is 1.27 bits per heavy atom. The van der Waals surface area contributed by atoms with Gasteiger partial charge in [-0.05, 0) is 17.2 Å². The summed E-state index contributed by atoms with van der Waals surface area (Å²) in [5.41, 5.74) is 0.925. The highest BCUT2D eigenvalue weighted by Gasteiger charge is 2.17. The largest absolute Gasteiger partial charge is 0.872 e. The Morgan fingerprint density at radius 3 is 2.55 bits per heavy atom. The smallest absolute Gasteiger partial charge is 0.302 e. The van der Waals surface area contributed by atoms with Crippen molar-refractivity contribution in [1.29, 1.82) is 5.26 Å². The first-order valence-corrected chi connectivity index (χ1v) is 6.43. The third-order valence-electron chi connectivity index (χ3n) is 3.06. The van der Waals surface area contributed by atoms with Gasteiger partial charge in [-0.15, -0.1) is 10.9 Å². The highest BCUT2D eigenvalue weighted by atomic mass is 16.6. The van der Waals surface area contributed by atoms with Crippen molar-refractivity contribution in [3.63, 3.8) is 0 Å². The van der Waals surface area contributed by atoms with E-state index in [0.29, 0.717) is 0 Å². The maximum atomic E-state index is 11.1. The number of benzene rings is 2. The summed E-state index contributed by atoms with van der Waals surface area (Å²) in [6, 6.07) is 11.9. The molecule has 2 aromatic carbocycles. The molecule has 0 heterocycles. The molecule has 0 aromatic heterocycles. The number of rotatable bonds is 4. The lowest BCUT2D eigenvalue weighted by Crippen LogP contribution is -2.66. The van der Waals surface area contributed by atoms with Crippen molar-refractivity contribution in [2.45, 2.75) is 13.0 Å². The van der Waals surface area contributed by atoms with E-state index in [4.69, 9.17) is 5.26 Å². The van der Waals surface area contributed by atoms with Gasteiger partial charge in [-0.25, -0.2) is 0 Å². The number of nitriles is 1. The molecule has 0 amide bonds. The molecule has 2 aromatic rings. The molecular formula is C15H12N4O3. The molecule has 110 valence electrons. The lowest BCUT2D eigenvalue weighted by molar-refractivity contribution is -0.571. The standard InChI is InChI=1S/C15H12N4O3/c1-10(12-3-5-13(20)6-4-12)17-18-14-7-2-11(9-16)8-15(14)19(21)22/h2-8,10,20H,1H3. The number of azo groups is 1. The molecule has 7 nitrogen and oxygen atoms in total. The Bertz CT molecular complexity index is 763. The normalized spacial score (nSPS) is 12.0. The molecule has 0 radical (unpaired) electrons. The minimum Gasteiger partial charge on any atom is -0.872 e. The van der Waals surface area contributed by atoms with Gasteiger partial charge in [0.25, 0.3) is 0 Å². The Morgan fingerprint density at radius 2 is 1.95 bits per heavy atom. The lowest BCUT2D eigenvalue weighted by atomic mass is 10.1. The van der Waals surface area contributed by atoms with Crippen molar-refractivity contribution >= 4 is 11.4 Å². The number of hydrogen-bond acceptors (Lipinski definition) is 5. The van der Waals surface area contributed by atoms with Crippen LogP contribution in [0.15, 0.2) is 47.6 Å². The van der Waals surface area contributed by atoms with Crippen molar-refractivity contribution in [2.24, 2.45) is 5.11 Å². The van der Waals surface area contributed by atoms with E-state index >= 15 is 0 Å². The van der Waals surface area contributed by atoms with E-state index in [2.05, 4.69) is 10.2 Å². The highest BCUT2D eigenvalue weighted by molar-refractivity contribution is 5.59. The zero-order valence-corrected chi connectivity index (χ0v) is 11.7. The molecule has 0 aliphatic rings. The van der Waals surface area contributed by atoms with Gasteiger partial charge in [0.1, 0.15) is 0 Å². The summed E-state index contributed by atoms with van der Waals surface area (Å²) in [5.74, 6) is -0.0874. The van der Waals surface area contributed by atoms with Crippen LogP contribution in [0.4, 0.5) is 11.4 Å². The minimum absolute atomic E-state index is 0.0874. The summed E-state index contributed by atoms with van der Waals surface area (Å²) in [6.45, 7) is 1.82. The van der Waals surface area contributed by atoms with Gasteiger partial charge in [-0.2, -0.15) is 5.26 Å². The molecule has 0 spiro atoms. The van der Waals surface area contributed by atoms with Crippen molar-refractivity contribution < 1.29 is 15.1 Å². The average molecular weight is 296 g/mol. The van der Waals surface area contributed by atoms with Crippen LogP contribution in [0.2, 0.25) is 0 Å². The summed E-state index contributed by atoms with van der Waals surface area (Å²) in [7, 11) is 0. The van der Waals surface area contributed by atoms with Crippen molar-refractivity contribution in [3.8, 4) is 11.8 Å². The van der Waals surface area contributed by atoms with Crippen LogP contribution in [0.5, 0.6) is 5.75 Å². The summed E-state index contributed by atoms with van der Waals surface area (Å²) in [6.07, 6.45) is 0. The summed E-state index contributed by atoms with van der Waals surface area (Å²) >= 11 is 0. The SMILES string of the molecule is CC([NH+]=Nc1ccc(C#N)cc1[N+](=O)[O-])c1ccc([O-])cc1. The van der Waals surface area contributed by atoms with Crippen LogP contribution in [-0.2, 0) is 0 Å². The van der Waals surface area contributed by atoms with Crippen LogP contribution >= 0.6 is 0 Å². The number of nitrogens with one attached hydrogen (secondary N) is 1. The molecule has 1 unspecified atom stereocenters. The van der Waals surface area contributed by atoms with Gasteiger partial charge in [0.2, 0.25) is 5.69 Å². The second kappa shape index (κ2) is 6.45. The van der Waals surface area contributed by atoms with E-state index in [1.165, 1.54) is 30.3 Å². The second-order valence-electron chi connectivity index (χ2n) is 4.60. The van der Waals surface area contributed by atoms with Crippen LogP contribution in [0.1, 0.15) is 24.1 Å². The number of nitro benzene ring substituents is 1. The molecule has 22 heavy (non-hydrogen) atoms. The zero-order valence-electron chi connectivity index (χ0n) is 11.7. The van der Waals surface area contributed by atoms with Gasteiger partial charge in [0.15, 0.2) is 6.04 Å². The molecular weight excluding hydrogens is 284 g/mol. The Hall–Kier alpha value is -3.27. The fraction of sp³-hybridized carbons (Fsp3) is 0.133. The quantitative estimate of drug-likeness (QED) is 0.522. The Kier molecular flexibility index (Phi) is 4.44. The predicted molar refractivity (Wildman–Crippen MR) is 75.2 cm³/mol. The number of nitro groups is 1. The van der Waals surface area contributed by atoms with Gasteiger partial charge in [-0.1, -0.05) is 24.3 Å². The predicted octanol–water partition coefficient (Wildman–Crippen LogP) is 1.47. The van der Waals surface area contributed by atoms with E-state index in [1.54, 1.807) is 12.1 Å². The van der Waals surface area contributed by atoms with E-state index in [1.807, 2.05) is 13.0 Å². The summed E-state index contributed by atoms with van der Waals surface area (Å²) < 4.78 is 0. The van der Waals surface area contributed by atoms with Crippen LogP contribution in [0.25, 0.3) is 0 Å². The van der Waals surface area contributed by atoms with Crippen LogP contribution in [0.3, 0.4) is 0 Å². The zero-order chi connectivity index (χ0) is 16.1. The van der Waals surface area contributed by atoms with Crippen molar-refractivity contribution in [1.82, 2.24) is 0 Å². The topological polar surface area (TPSA) is 116 Å². The molecule has 2 rings (SSSR count). The monoisotopic (exact) mass is 296 g/mol. The van der Waals surface area contributed by atoms with Crippen molar-refractivity contribution in [3.05, 3.63) is 63.7 Å². The molecule has 0 bridgehead atoms. The molecule has 0 saturated carbocycles. The van der Waals surface area contributed by atoms with Gasteiger partial charge >= 0.3 is 5.69 Å². The maximum absolute atomic E-state index is 11.1. The maximum Gasteiger partial charge on any atom is 0.302 e. The van der Waals surface area contributed by atoms with E-state index in [9.17, 15) is 15.2 Å². The molecule has 0 aliphatic heterocycles. The number of nitrogens with zero attached hydrogens (tertiary/aromatic N) is 3. The van der Waals surface area contributed by atoms with Gasteiger partial charge < -0.3 is 5.11 Å². The molecule has 1 atom stereocenters.